The Labute approximate surface area is 126 Å². The molecule has 3 unspecified atom stereocenters. The van der Waals surface area contributed by atoms with E-state index in [1.54, 1.807) is 0 Å². The van der Waals surface area contributed by atoms with Crippen molar-refractivity contribution in [2.45, 2.75) is 45.4 Å². The van der Waals surface area contributed by atoms with Gasteiger partial charge in [0.15, 0.2) is 0 Å². The van der Waals surface area contributed by atoms with Crippen molar-refractivity contribution in [3.05, 3.63) is 35.9 Å². The van der Waals surface area contributed by atoms with E-state index in [9.17, 15) is 4.79 Å². The first-order valence-electron chi connectivity index (χ1n) is 8.09. The maximum absolute atomic E-state index is 11.9. The monoisotopic (exact) mass is 284 g/mol. The van der Waals surface area contributed by atoms with Gasteiger partial charge in [0.25, 0.3) is 0 Å². The average Bonchev–Trinajstić information content (AvgIpc) is 3.14. The Balaban J connectivity index is 1.45. The lowest BCUT2D eigenvalue weighted by atomic mass is 9.86. The summed E-state index contributed by atoms with van der Waals surface area (Å²) in [6.45, 7) is 2.07. The number of carbonyl (C=O) groups is 1. The first-order valence-corrected chi connectivity index (χ1v) is 8.09. The van der Waals surface area contributed by atoms with Crippen molar-refractivity contribution >= 4 is 11.6 Å². The summed E-state index contributed by atoms with van der Waals surface area (Å²) in [5.41, 5.74) is 5.05. The predicted octanol–water partition coefficient (Wildman–Crippen LogP) is 3.55. The first kappa shape index (κ1) is 14.3. The number of amides is 1. The molecule has 3 nitrogen and oxygen atoms in total. The maximum atomic E-state index is 11.9. The number of hydrogen-bond donors (Lipinski definition) is 1. The second-order valence-electron chi connectivity index (χ2n) is 6.56. The summed E-state index contributed by atoms with van der Waals surface area (Å²) in [6.07, 6.45) is 6.67. The number of hydrazone groups is 1. The molecule has 2 aliphatic rings. The normalized spacial score (nSPS) is 27.9. The molecule has 112 valence electrons. The number of rotatable bonds is 5. The fourth-order valence-electron chi connectivity index (χ4n) is 3.95. The standard InChI is InChI=1S/C18H24N2O/c1-13(17-12-15-7-9-16(17)11-15)19-20-18(21)10-8-14-5-3-2-4-6-14/h2-6,15-17H,7-12H2,1H3,(H,20,21). The van der Waals surface area contributed by atoms with E-state index < -0.39 is 0 Å². The van der Waals surface area contributed by atoms with E-state index in [0.717, 1.165) is 24.0 Å². The summed E-state index contributed by atoms with van der Waals surface area (Å²) in [7, 11) is 0. The van der Waals surface area contributed by atoms with E-state index in [1.165, 1.54) is 31.2 Å². The Kier molecular flexibility index (Phi) is 4.37. The van der Waals surface area contributed by atoms with Crippen LogP contribution in [0.3, 0.4) is 0 Å². The van der Waals surface area contributed by atoms with Gasteiger partial charge in [0.05, 0.1) is 0 Å². The minimum absolute atomic E-state index is 0.0151. The van der Waals surface area contributed by atoms with E-state index in [4.69, 9.17) is 0 Å². The van der Waals surface area contributed by atoms with Gasteiger partial charge in [-0.15, -0.1) is 0 Å². The predicted molar refractivity (Wildman–Crippen MR) is 85.0 cm³/mol. The van der Waals surface area contributed by atoms with E-state index in [2.05, 4.69) is 29.6 Å². The summed E-state index contributed by atoms with van der Waals surface area (Å²) >= 11 is 0. The summed E-state index contributed by atoms with van der Waals surface area (Å²) in [4.78, 5) is 11.9. The van der Waals surface area contributed by atoms with Crippen LogP contribution in [-0.2, 0) is 11.2 Å². The third-order valence-electron chi connectivity index (χ3n) is 5.12. The van der Waals surface area contributed by atoms with E-state index in [-0.39, 0.29) is 5.91 Å². The zero-order valence-electron chi connectivity index (χ0n) is 12.7. The highest BCUT2D eigenvalue weighted by Crippen LogP contribution is 2.48. The Morgan fingerprint density at radius 2 is 2.05 bits per heavy atom. The average molecular weight is 284 g/mol. The molecule has 0 spiro atoms. The van der Waals surface area contributed by atoms with Gasteiger partial charge in [-0.1, -0.05) is 36.8 Å². The van der Waals surface area contributed by atoms with E-state index in [0.29, 0.717) is 12.3 Å². The fraction of sp³-hybridized carbons (Fsp3) is 0.556. The molecule has 2 fully saturated rings. The summed E-state index contributed by atoms with van der Waals surface area (Å²) in [5, 5.41) is 4.35. The molecule has 2 saturated carbocycles. The number of aryl methyl sites for hydroxylation is 1. The Hall–Kier alpha value is -1.64. The van der Waals surface area contributed by atoms with Crippen molar-refractivity contribution in [3.63, 3.8) is 0 Å². The van der Waals surface area contributed by atoms with Crippen LogP contribution in [0.25, 0.3) is 0 Å². The lowest BCUT2D eigenvalue weighted by Crippen LogP contribution is -2.24. The molecule has 0 heterocycles. The third-order valence-corrected chi connectivity index (χ3v) is 5.12. The van der Waals surface area contributed by atoms with Gasteiger partial charge in [-0.3, -0.25) is 4.79 Å². The fourth-order valence-corrected chi connectivity index (χ4v) is 3.95. The number of nitrogens with one attached hydrogen (secondary N) is 1. The van der Waals surface area contributed by atoms with Crippen molar-refractivity contribution in [2.75, 3.05) is 0 Å². The molecule has 3 rings (SSSR count). The number of fused-ring (bicyclic) bond motifs is 2. The molecule has 1 aromatic carbocycles. The molecule has 1 amide bonds. The molecular weight excluding hydrogens is 260 g/mol. The molecule has 2 bridgehead atoms. The van der Waals surface area contributed by atoms with Gasteiger partial charge < -0.3 is 0 Å². The van der Waals surface area contributed by atoms with Crippen LogP contribution in [0.5, 0.6) is 0 Å². The highest BCUT2D eigenvalue weighted by Gasteiger charge is 2.40. The molecule has 0 radical (unpaired) electrons. The van der Waals surface area contributed by atoms with Gasteiger partial charge >= 0.3 is 0 Å². The van der Waals surface area contributed by atoms with Crippen LogP contribution in [0.2, 0.25) is 0 Å². The highest BCUT2D eigenvalue weighted by atomic mass is 16.2. The summed E-state index contributed by atoms with van der Waals surface area (Å²) in [5.74, 6) is 2.36. The zero-order chi connectivity index (χ0) is 14.7. The highest BCUT2D eigenvalue weighted by molar-refractivity contribution is 5.86. The molecular formula is C18H24N2O. The Bertz CT molecular complexity index is 523. The minimum Gasteiger partial charge on any atom is -0.273 e. The Morgan fingerprint density at radius 3 is 2.71 bits per heavy atom. The summed E-state index contributed by atoms with van der Waals surface area (Å²) < 4.78 is 0. The summed E-state index contributed by atoms with van der Waals surface area (Å²) in [6, 6.07) is 10.1. The van der Waals surface area contributed by atoms with Gasteiger partial charge in [0.2, 0.25) is 5.91 Å². The van der Waals surface area contributed by atoms with Crippen LogP contribution < -0.4 is 5.43 Å². The van der Waals surface area contributed by atoms with Crippen molar-refractivity contribution < 1.29 is 4.79 Å². The molecule has 0 saturated heterocycles. The first-order chi connectivity index (χ1) is 10.2. The van der Waals surface area contributed by atoms with Crippen molar-refractivity contribution in [1.29, 1.82) is 0 Å². The van der Waals surface area contributed by atoms with Crippen LogP contribution >= 0.6 is 0 Å². The van der Waals surface area contributed by atoms with Gasteiger partial charge in [0.1, 0.15) is 0 Å². The number of hydrogen-bond acceptors (Lipinski definition) is 2. The zero-order valence-corrected chi connectivity index (χ0v) is 12.7. The molecule has 1 N–H and O–H groups in total. The SMILES string of the molecule is CC(=NNC(=O)CCc1ccccc1)C1CC2CCC1C2. The lowest BCUT2D eigenvalue weighted by Gasteiger charge is -2.21. The molecule has 0 aromatic heterocycles. The minimum atomic E-state index is 0.0151. The van der Waals surface area contributed by atoms with Crippen LogP contribution in [0, 0.1) is 17.8 Å². The van der Waals surface area contributed by atoms with E-state index in [1.807, 2.05) is 18.2 Å². The molecule has 21 heavy (non-hydrogen) atoms. The number of benzene rings is 1. The third kappa shape index (κ3) is 3.52. The largest absolute Gasteiger partial charge is 0.273 e. The molecule has 1 aromatic rings. The van der Waals surface area contributed by atoms with E-state index >= 15 is 0 Å². The topological polar surface area (TPSA) is 41.5 Å². The van der Waals surface area contributed by atoms with Crippen LogP contribution in [0.15, 0.2) is 35.4 Å². The van der Waals surface area contributed by atoms with Crippen molar-refractivity contribution in [1.82, 2.24) is 5.43 Å². The van der Waals surface area contributed by atoms with Crippen LogP contribution in [-0.4, -0.2) is 11.6 Å². The van der Waals surface area contributed by atoms with Gasteiger partial charge in [-0.25, -0.2) is 5.43 Å². The second-order valence-corrected chi connectivity index (χ2v) is 6.56. The van der Waals surface area contributed by atoms with Crippen LogP contribution in [0.1, 0.15) is 44.6 Å². The Morgan fingerprint density at radius 1 is 1.24 bits per heavy atom. The molecule has 0 aliphatic heterocycles. The number of nitrogens with zero attached hydrogens (tertiary/aromatic N) is 1. The maximum Gasteiger partial charge on any atom is 0.240 e. The van der Waals surface area contributed by atoms with Gasteiger partial charge in [0, 0.05) is 18.1 Å². The van der Waals surface area contributed by atoms with Crippen LogP contribution in [0.4, 0.5) is 0 Å². The van der Waals surface area contributed by atoms with Crippen molar-refractivity contribution in [2.24, 2.45) is 22.9 Å². The molecule has 2 aliphatic carbocycles. The number of carbonyl (C=O) groups excluding carboxylic acids is 1. The molecule has 3 heteroatoms. The van der Waals surface area contributed by atoms with Gasteiger partial charge in [-0.2, -0.15) is 5.10 Å². The second kappa shape index (κ2) is 6.42. The molecule has 3 atom stereocenters. The lowest BCUT2D eigenvalue weighted by molar-refractivity contribution is -0.121. The van der Waals surface area contributed by atoms with Gasteiger partial charge in [-0.05, 0) is 50.0 Å². The van der Waals surface area contributed by atoms with Crippen molar-refractivity contribution in [3.8, 4) is 0 Å². The quantitative estimate of drug-likeness (QED) is 0.652. The smallest absolute Gasteiger partial charge is 0.240 e.